The van der Waals surface area contributed by atoms with Crippen molar-refractivity contribution in [3.8, 4) is 11.5 Å². The number of benzene rings is 2. The minimum Gasteiger partial charge on any atom is -0.507 e. The highest BCUT2D eigenvalue weighted by Gasteiger charge is 2.47. The van der Waals surface area contributed by atoms with E-state index in [9.17, 15) is 14.7 Å². The number of para-hydroxylation sites is 2. The number of aliphatic hydroxyl groups is 1. The summed E-state index contributed by atoms with van der Waals surface area (Å²) in [5.41, 5.74) is 1.50. The molecule has 7 nitrogen and oxygen atoms in total. The Morgan fingerprint density at radius 3 is 2.28 bits per heavy atom. The molecule has 1 atom stereocenters. The van der Waals surface area contributed by atoms with Crippen molar-refractivity contribution in [1.29, 1.82) is 0 Å². The third kappa shape index (κ3) is 3.69. The minimum absolute atomic E-state index is 0.0278. The molecule has 162 valence electrons. The van der Waals surface area contributed by atoms with Crippen molar-refractivity contribution in [3.05, 3.63) is 95.3 Å². The van der Waals surface area contributed by atoms with E-state index >= 15 is 0 Å². The molecule has 1 N–H and O–H groups in total. The number of pyridine rings is 1. The average Bonchev–Trinajstić information content (AvgIpc) is 3.09. The maximum Gasteiger partial charge on any atom is 0.296 e. The van der Waals surface area contributed by atoms with Crippen molar-refractivity contribution in [2.24, 2.45) is 0 Å². The Kier molecular flexibility index (Phi) is 5.89. The molecule has 0 aliphatic carbocycles. The van der Waals surface area contributed by atoms with Gasteiger partial charge in [-0.25, -0.2) is 0 Å². The fraction of sp³-hybridized carbons (Fsp3) is 0.160. The van der Waals surface area contributed by atoms with Gasteiger partial charge in [0.15, 0.2) is 0 Å². The smallest absolute Gasteiger partial charge is 0.296 e. The largest absolute Gasteiger partial charge is 0.507 e. The summed E-state index contributed by atoms with van der Waals surface area (Å²) in [6.45, 7) is 0.0941. The van der Waals surface area contributed by atoms with Crippen LogP contribution in [0.5, 0.6) is 11.5 Å². The van der Waals surface area contributed by atoms with Crippen molar-refractivity contribution in [1.82, 2.24) is 9.88 Å². The van der Waals surface area contributed by atoms with E-state index < -0.39 is 17.7 Å². The van der Waals surface area contributed by atoms with Gasteiger partial charge >= 0.3 is 0 Å². The Balaban J connectivity index is 1.93. The van der Waals surface area contributed by atoms with E-state index in [1.807, 2.05) is 6.07 Å². The van der Waals surface area contributed by atoms with Crippen molar-refractivity contribution in [3.63, 3.8) is 0 Å². The molecule has 1 aliphatic heterocycles. The summed E-state index contributed by atoms with van der Waals surface area (Å²) < 4.78 is 10.9. The standard InChI is InChI=1S/C25H22N2O5/c1-31-19-12-5-3-10-17(19)22-21(23(28)18-11-4-6-13-20(18)32-2)24(29)25(30)27(22)15-16-9-7-8-14-26-16/h3-14,22,28H,15H2,1-2H3/b23-21+. The number of carbonyl (C=O) groups excluding carboxylic acids is 2. The number of ether oxygens (including phenoxy) is 2. The number of likely N-dealkylation sites (tertiary alicyclic amines) is 1. The molecule has 7 heteroatoms. The van der Waals surface area contributed by atoms with Crippen LogP contribution in [0.15, 0.2) is 78.5 Å². The molecule has 3 aromatic rings. The predicted molar refractivity (Wildman–Crippen MR) is 118 cm³/mol. The van der Waals surface area contributed by atoms with Gasteiger partial charge in [0.05, 0.1) is 43.6 Å². The van der Waals surface area contributed by atoms with Crippen LogP contribution in [0.2, 0.25) is 0 Å². The molecule has 0 bridgehead atoms. The van der Waals surface area contributed by atoms with E-state index in [4.69, 9.17) is 9.47 Å². The summed E-state index contributed by atoms with van der Waals surface area (Å²) in [6.07, 6.45) is 1.62. The van der Waals surface area contributed by atoms with Crippen molar-refractivity contribution in [2.75, 3.05) is 14.2 Å². The zero-order valence-electron chi connectivity index (χ0n) is 17.7. The van der Waals surface area contributed by atoms with Gasteiger partial charge in [0.1, 0.15) is 17.3 Å². The quantitative estimate of drug-likeness (QED) is 0.364. The molecule has 1 aromatic heterocycles. The Morgan fingerprint density at radius 1 is 0.938 bits per heavy atom. The topological polar surface area (TPSA) is 89.0 Å². The van der Waals surface area contributed by atoms with E-state index in [1.165, 1.54) is 19.1 Å². The summed E-state index contributed by atoms with van der Waals surface area (Å²) in [5, 5.41) is 11.2. The second-order valence-electron chi connectivity index (χ2n) is 7.19. The number of ketones is 1. The number of aliphatic hydroxyl groups excluding tert-OH is 1. The predicted octanol–water partition coefficient (Wildman–Crippen LogP) is 3.72. The summed E-state index contributed by atoms with van der Waals surface area (Å²) in [5.74, 6) is -0.917. The van der Waals surface area contributed by atoms with Gasteiger partial charge in [-0.2, -0.15) is 0 Å². The van der Waals surface area contributed by atoms with E-state index in [0.717, 1.165) is 0 Å². The number of nitrogens with zero attached hydrogens (tertiary/aromatic N) is 2. The molecule has 1 unspecified atom stereocenters. The van der Waals surface area contributed by atoms with Crippen LogP contribution in [0, 0.1) is 0 Å². The Labute approximate surface area is 185 Å². The number of rotatable bonds is 6. The number of amides is 1. The molecular formula is C25H22N2O5. The SMILES string of the molecule is COc1ccccc1/C(O)=C1\C(=O)C(=O)N(Cc2ccccn2)C1c1ccccc1OC. The van der Waals surface area contributed by atoms with Gasteiger partial charge in [-0.1, -0.05) is 36.4 Å². The van der Waals surface area contributed by atoms with Crippen LogP contribution >= 0.6 is 0 Å². The zero-order chi connectivity index (χ0) is 22.7. The minimum atomic E-state index is -0.863. The normalized spacial score (nSPS) is 17.4. The van der Waals surface area contributed by atoms with Crippen molar-refractivity contribution < 1.29 is 24.2 Å². The Morgan fingerprint density at radius 2 is 1.59 bits per heavy atom. The van der Waals surface area contributed by atoms with Crippen LogP contribution < -0.4 is 9.47 Å². The fourth-order valence-electron chi connectivity index (χ4n) is 3.91. The summed E-state index contributed by atoms with van der Waals surface area (Å²) in [6, 6.07) is 18.4. The molecule has 4 rings (SSSR count). The lowest BCUT2D eigenvalue weighted by Gasteiger charge is -2.26. The maximum absolute atomic E-state index is 13.2. The van der Waals surface area contributed by atoms with Crippen LogP contribution in [0.3, 0.4) is 0 Å². The molecule has 2 aromatic carbocycles. The first-order valence-corrected chi connectivity index (χ1v) is 10.0. The molecule has 1 saturated heterocycles. The summed E-state index contributed by atoms with van der Waals surface area (Å²) >= 11 is 0. The zero-order valence-corrected chi connectivity index (χ0v) is 17.7. The van der Waals surface area contributed by atoms with E-state index in [-0.39, 0.29) is 17.9 Å². The van der Waals surface area contributed by atoms with Crippen LogP contribution in [-0.2, 0) is 16.1 Å². The van der Waals surface area contributed by atoms with Gasteiger partial charge in [-0.05, 0) is 30.3 Å². The number of hydrogen-bond donors (Lipinski definition) is 1. The highest BCUT2D eigenvalue weighted by Crippen LogP contribution is 2.44. The lowest BCUT2D eigenvalue weighted by molar-refractivity contribution is -0.140. The van der Waals surface area contributed by atoms with Crippen LogP contribution in [0.1, 0.15) is 22.9 Å². The first-order valence-electron chi connectivity index (χ1n) is 10.0. The van der Waals surface area contributed by atoms with Gasteiger partial charge in [-0.15, -0.1) is 0 Å². The first kappa shape index (κ1) is 21.1. The molecule has 2 heterocycles. The molecule has 1 fully saturated rings. The van der Waals surface area contributed by atoms with Gasteiger partial charge in [0.25, 0.3) is 11.7 Å². The molecule has 1 amide bonds. The number of Topliss-reactive ketones (excluding diaryl/α,β-unsaturated/α-hetero) is 1. The van der Waals surface area contributed by atoms with Crippen molar-refractivity contribution >= 4 is 17.4 Å². The number of aromatic nitrogens is 1. The van der Waals surface area contributed by atoms with Crippen LogP contribution in [0.25, 0.3) is 5.76 Å². The maximum atomic E-state index is 13.2. The lowest BCUT2D eigenvalue weighted by Crippen LogP contribution is -2.29. The molecule has 1 aliphatic rings. The highest BCUT2D eigenvalue weighted by molar-refractivity contribution is 6.46. The second kappa shape index (κ2) is 8.93. The summed E-state index contributed by atoms with van der Waals surface area (Å²) in [4.78, 5) is 32.0. The lowest BCUT2D eigenvalue weighted by atomic mass is 9.94. The van der Waals surface area contributed by atoms with Crippen LogP contribution in [-0.4, -0.2) is 40.9 Å². The van der Waals surface area contributed by atoms with E-state index in [0.29, 0.717) is 28.3 Å². The summed E-state index contributed by atoms with van der Waals surface area (Å²) in [7, 11) is 2.99. The van der Waals surface area contributed by atoms with Gasteiger partial charge in [0.2, 0.25) is 0 Å². The average molecular weight is 430 g/mol. The second-order valence-corrected chi connectivity index (χ2v) is 7.19. The highest BCUT2D eigenvalue weighted by atomic mass is 16.5. The molecule has 0 radical (unpaired) electrons. The van der Waals surface area contributed by atoms with E-state index in [1.54, 1.807) is 66.9 Å². The van der Waals surface area contributed by atoms with Crippen molar-refractivity contribution in [2.45, 2.75) is 12.6 Å². The van der Waals surface area contributed by atoms with Gasteiger partial charge in [-0.3, -0.25) is 14.6 Å². The third-order valence-corrected chi connectivity index (χ3v) is 5.39. The molecule has 0 spiro atoms. The van der Waals surface area contributed by atoms with Gasteiger partial charge < -0.3 is 19.5 Å². The van der Waals surface area contributed by atoms with E-state index in [2.05, 4.69) is 4.98 Å². The number of carbonyl (C=O) groups is 2. The van der Waals surface area contributed by atoms with Crippen LogP contribution in [0.4, 0.5) is 0 Å². The molecule has 32 heavy (non-hydrogen) atoms. The molecular weight excluding hydrogens is 408 g/mol. The number of methoxy groups -OCH3 is 2. The fourth-order valence-corrected chi connectivity index (χ4v) is 3.91. The number of hydrogen-bond acceptors (Lipinski definition) is 6. The first-order chi connectivity index (χ1) is 15.6. The monoisotopic (exact) mass is 430 g/mol. The molecule has 0 saturated carbocycles. The van der Waals surface area contributed by atoms with Gasteiger partial charge in [0, 0.05) is 11.8 Å². The Hall–Kier alpha value is -4.13. The third-order valence-electron chi connectivity index (χ3n) is 5.39. The Bertz CT molecular complexity index is 1190.